The minimum atomic E-state index is 0.923. The maximum absolute atomic E-state index is 4.95. The van der Waals surface area contributed by atoms with E-state index >= 15 is 0 Å². The third-order valence-corrected chi connectivity index (χ3v) is 5.08. The van der Waals surface area contributed by atoms with Crippen molar-refractivity contribution in [2.45, 2.75) is 20.8 Å². The Morgan fingerprint density at radius 2 is 1.85 bits per heavy atom. The molecule has 4 nitrogen and oxygen atoms in total. The van der Waals surface area contributed by atoms with E-state index in [1.165, 1.54) is 11.1 Å². The second kappa shape index (κ2) is 5.99. The molecule has 4 heteroatoms. The maximum atomic E-state index is 4.95. The summed E-state index contributed by atoms with van der Waals surface area (Å²) in [7, 11) is 2.07. The summed E-state index contributed by atoms with van der Waals surface area (Å²) in [6.45, 7) is 10.2. The summed E-state index contributed by atoms with van der Waals surface area (Å²) >= 11 is 0. The molecule has 2 aromatic carbocycles. The number of imidazole rings is 2. The summed E-state index contributed by atoms with van der Waals surface area (Å²) in [6, 6.07) is 14.7. The van der Waals surface area contributed by atoms with Gasteiger partial charge in [0.15, 0.2) is 5.52 Å². The van der Waals surface area contributed by atoms with Crippen LogP contribution in [0.15, 0.2) is 61.2 Å². The zero-order valence-electron chi connectivity index (χ0n) is 15.7. The van der Waals surface area contributed by atoms with E-state index in [0.717, 1.165) is 33.9 Å². The Bertz CT molecular complexity index is 1230. The molecule has 26 heavy (non-hydrogen) atoms. The second-order valence-corrected chi connectivity index (χ2v) is 6.57. The number of para-hydroxylation sites is 3. The number of allylic oxidation sites excluding steroid dienone is 2. The van der Waals surface area contributed by atoms with Crippen LogP contribution in [0.1, 0.15) is 19.4 Å². The van der Waals surface area contributed by atoms with Crippen molar-refractivity contribution in [2.75, 3.05) is 7.05 Å². The molecular formula is C22H23N4+. The minimum Gasteiger partial charge on any atom is -0.254 e. The fraction of sp³-hybridized carbons (Fsp3) is 0.182. The first-order chi connectivity index (χ1) is 12.6. The minimum absolute atomic E-state index is 0.923. The van der Waals surface area contributed by atoms with Crippen molar-refractivity contribution in [1.29, 1.82) is 0 Å². The molecule has 0 radical (unpaired) electrons. The van der Waals surface area contributed by atoms with Crippen molar-refractivity contribution in [3.63, 3.8) is 0 Å². The zero-order chi connectivity index (χ0) is 18.4. The van der Waals surface area contributed by atoms with Gasteiger partial charge in [-0.1, -0.05) is 30.8 Å². The molecular weight excluding hydrogens is 320 g/mol. The highest BCUT2D eigenvalue weighted by Gasteiger charge is 2.26. The molecule has 2 aromatic heterocycles. The molecule has 0 fully saturated rings. The van der Waals surface area contributed by atoms with E-state index < -0.39 is 0 Å². The van der Waals surface area contributed by atoms with Crippen molar-refractivity contribution in [3.8, 4) is 0 Å². The zero-order valence-corrected chi connectivity index (χ0v) is 15.7. The number of rotatable bonds is 3. The predicted octanol–water partition coefficient (Wildman–Crippen LogP) is 4.86. The van der Waals surface area contributed by atoms with E-state index in [0.29, 0.717) is 0 Å². The molecule has 4 rings (SSSR count). The third kappa shape index (κ3) is 2.15. The number of benzene rings is 2. The first-order valence-corrected chi connectivity index (χ1v) is 8.82. The molecule has 0 amide bonds. The highest BCUT2D eigenvalue weighted by Crippen LogP contribution is 2.30. The molecule has 2 heterocycles. The van der Waals surface area contributed by atoms with Crippen molar-refractivity contribution in [1.82, 2.24) is 14.0 Å². The number of nitrogens with zero attached hydrogens (tertiary/aromatic N) is 4. The van der Waals surface area contributed by atoms with E-state index in [2.05, 4.69) is 90.4 Å². The molecule has 0 atom stereocenters. The van der Waals surface area contributed by atoms with Gasteiger partial charge in [0.25, 0.3) is 5.82 Å². The molecule has 0 saturated carbocycles. The largest absolute Gasteiger partial charge is 0.312 e. The van der Waals surface area contributed by atoms with Crippen LogP contribution in [-0.4, -0.2) is 31.3 Å². The highest BCUT2D eigenvalue weighted by molar-refractivity contribution is 5.95. The fourth-order valence-electron chi connectivity index (χ4n) is 3.62. The van der Waals surface area contributed by atoms with Crippen LogP contribution in [-0.2, 0) is 0 Å². The van der Waals surface area contributed by atoms with Crippen molar-refractivity contribution in [2.24, 2.45) is 0 Å². The monoisotopic (exact) mass is 343 g/mol. The second-order valence-electron chi connectivity index (χ2n) is 6.57. The Morgan fingerprint density at radius 1 is 1.12 bits per heavy atom. The molecule has 130 valence electrons. The van der Waals surface area contributed by atoms with Gasteiger partial charge in [0.2, 0.25) is 0 Å². The lowest BCUT2D eigenvalue weighted by Crippen LogP contribution is -2.16. The van der Waals surface area contributed by atoms with Crippen molar-refractivity contribution < 1.29 is 4.58 Å². The summed E-state index contributed by atoms with van der Waals surface area (Å²) in [5, 5.41) is 0. The maximum Gasteiger partial charge on any atom is 0.312 e. The van der Waals surface area contributed by atoms with Crippen molar-refractivity contribution >= 4 is 39.4 Å². The van der Waals surface area contributed by atoms with E-state index in [1.807, 2.05) is 12.1 Å². The Balaban J connectivity index is 2.25. The van der Waals surface area contributed by atoms with Crippen LogP contribution >= 0.6 is 0 Å². The Hall–Kier alpha value is -3.14. The molecule has 0 aliphatic heterocycles. The molecule has 0 unspecified atom stereocenters. The molecule has 4 aromatic rings. The Labute approximate surface area is 153 Å². The molecule has 0 saturated heterocycles. The summed E-state index contributed by atoms with van der Waals surface area (Å²) in [4.78, 5) is 4.95. The van der Waals surface area contributed by atoms with Crippen LogP contribution in [0.3, 0.4) is 0 Å². The number of aromatic nitrogens is 3. The summed E-state index contributed by atoms with van der Waals surface area (Å²) in [5.41, 5.74) is 6.78. The smallest absolute Gasteiger partial charge is 0.254 e. The Kier molecular flexibility index (Phi) is 3.76. The van der Waals surface area contributed by atoms with Gasteiger partial charge in [-0.3, -0.25) is 4.40 Å². The van der Waals surface area contributed by atoms with Crippen LogP contribution in [0.25, 0.3) is 33.7 Å². The SMILES string of the molecule is C=C/C(C)=[N+](C)\C(=C/C)n1c2c(C)cccc2n2c3ccccc3nc12. The van der Waals surface area contributed by atoms with Crippen LogP contribution < -0.4 is 0 Å². The first-order valence-electron chi connectivity index (χ1n) is 8.82. The van der Waals surface area contributed by atoms with Gasteiger partial charge in [-0.05, 0) is 50.6 Å². The van der Waals surface area contributed by atoms with Crippen molar-refractivity contribution in [3.05, 3.63) is 66.8 Å². The van der Waals surface area contributed by atoms with Crippen LogP contribution in [0, 0.1) is 6.92 Å². The topological polar surface area (TPSA) is 25.2 Å². The van der Waals surface area contributed by atoms with Crippen LogP contribution in [0.2, 0.25) is 0 Å². The summed E-state index contributed by atoms with van der Waals surface area (Å²) in [6.07, 6.45) is 4.00. The lowest BCUT2D eigenvalue weighted by molar-refractivity contribution is -0.402. The molecule has 0 bridgehead atoms. The number of hydrogen-bond donors (Lipinski definition) is 0. The quantitative estimate of drug-likeness (QED) is 0.385. The van der Waals surface area contributed by atoms with E-state index in [-0.39, 0.29) is 0 Å². The normalized spacial score (nSPS) is 13.6. The van der Waals surface area contributed by atoms with Gasteiger partial charge in [-0.2, -0.15) is 9.55 Å². The van der Waals surface area contributed by atoms with E-state index in [9.17, 15) is 0 Å². The van der Waals surface area contributed by atoms with Gasteiger partial charge in [0.1, 0.15) is 0 Å². The molecule has 0 N–H and O–H groups in total. The van der Waals surface area contributed by atoms with Gasteiger partial charge in [-0.15, -0.1) is 0 Å². The lowest BCUT2D eigenvalue weighted by Gasteiger charge is -2.07. The number of hydrogen-bond acceptors (Lipinski definition) is 1. The van der Waals surface area contributed by atoms with Gasteiger partial charge in [0.05, 0.1) is 29.3 Å². The standard InChI is InChI=1S/C22H23N4/c1-6-16(4)24(5)20(7-2)26-21-15(3)11-10-14-19(21)25-18-13-9-8-12-17(18)23-22(25)26/h6-14H,1H2,2-5H3/q+1/b20-7+,24-16-. The van der Waals surface area contributed by atoms with Gasteiger partial charge in [0, 0.05) is 6.08 Å². The third-order valence-electron chi connectivity index (χ3n) is 5.08. The summed E-state index contributed by atoms with van der Waals surface area (Å²) in [5.74, 6) is 1.99. The van der Waals surface area contributed by atoms with E-state index in [1.54, 1.807) is 0 Å². The molecule has 0 aliphatic carbocycles. The van der Waals surface area contributed by atoms with Gasteiger partial charge < -0.3 is 0 Å². The van der Waals surface area contributed by atoms with E-state index in [4.69, 9.17) is 4.98 Å². The van der Waals surface area contributed by atoms with Crippen LogP contribution in [0.4, 0.5) is 0 Å². The fourth-order valence-corrected chi connectivity index (χ4v) is 3.62. The first kappa shape index (κ1) is 16.3. The average molecular weight is 343 g/mol. The predicted molar refractivity (Wildman–Crippen MR) is 110 cm³/mol. The molecule has 0 spiro atoms. The van der Waals surface area contributed by atoms with Crippen LogP contribution in [0.5, 0.6) is 0 Å². The highest BCUT2D eigenvalue weighted by atomic mass is 15.3. The average Bonchev–Trinajstić information content (AvgIpc) is 3.18. The Morgan fingerprint density at radius 3 is 2.58 bits per heavy atom. The molecule has 0 aliphatic rings. The van der Waals surface area contributed by atoms with Gasteiger partial charge >= 0.3 is 5.78 Å². The number of aryl methyl sites for hydroxylation is 1. The number of fused-ring (bicyclic) bond motifs is 5. The van der Waals surface area contributed by atoms with Gasteiger partial charge in [-0.25, -0.2) is 4.58 Å². The lowest BCUT2D eigenvalue weighted by atomic mass is 10.2. The summed E-state index contributed by atoms with van der Waals surface area (Å²) < 4.78 is 6.65.